The van der Waals surface area contributed by atoms with Crippen LogP contribution >= 0.6 is 11.3 Å². The lowest BCUT2D eigenvalue weighted by Gasteiger charge is -2.25. The molecule has 1 aliphatic heterocycles. The van der Waals surface area contributed by atoms with E-state index in [1.54, 1.807) is 24.3 Å². The number of fused-ring (bicyclic) bond motifs is 1. The first-order valence-corrected chi connectivity index (χ1v) is 11.8. The maximum Gasteiger partial charge on any atom is 0.573 e. The van der Waals surface area contributed by atoms with E-state index in [-0.39, 0.29) is 29.4 Å². The molecule has 0 radical (unpaired) electrons. The summed E-state index contributed by atoms with van der Waals surface area (Å²) in [7, 11) is -4.10. The van der Waals surface area contributed by atoms with Crippen LogP contribution in [-0.2, 0) is 23.0 Å². The molecule has 2 aromatic carbocycles. The number of nitrogens with two attached hydrogens (primary N) is 1. The normalized spacial score (nSPS) is 14.5. The molecule has 0 atom stereocenters. The van der Waals surface area contributed by atoms with E-state index in [1.807, 2.05) is 0 Å². The molecule has 1 aliphatic rings. The van der Waals surface area contributed by atoms with Crippen molar-refractivity contribution in [3.05, 3.63) is 64.1 Å². The topological polar surface area (TPSA) is 115 Å². The Morgan fingerprint density at radius 1 is 1.18 bits per heavy atom. The van der Waals surface area contributed by atoms with E-state index >= 15 is 0 Å². The van der Waals surface area contributed by atoms with Crippen LogP contribution in [0.2, 0.25) is 0 Å². The molecule has 0 bridgehead atoms. The second-order valence-electron chi connectivity index (χ2n) is 7.04. The third kappa shape index (κ3) is 5.10. The lowest BCUT2D eigenvalue weighted by molar-refractivity contribution is -0.274. The number of rotatable bonds is 5. The summed E-state index contributed by atoms with van der Waals surface area (Å²) in [6.45, 7) is 0.0105. The van der Waals surface area contributed by atoms with Gasteiger partial charge in [0.05, 0.1) is 28.5 Å². The number of hydrogen-bond donors (Lipinski definition) is 2. The van der Waals surface area contributed by atoms with Gasteiger partial charge in [0, 0.05) is 23.9 Å². The van der Waals surface area contributed by atoms with Crippen molar-refractivity contribution in [1.82, 2.24) is 9.29 Å². The first-order chi connectivity index (χ1) is 15.5. The zero-order valence-electron chi connectivity index (χ0n) is 16.8. The smallest absolute Gasteiger partial charge is 0.406 e. The number of amides is 1. The van der Waals surface area contributed by atoms with Crippen LogP contribution in [0.1, 0.15) is 20.4 Å². The molecule has 0 fully saturated rings. The van der Waals surface area contributed by atoms with Gasteiger partial charge in [0.15, 0.2) is 5.01 Å². The van der Waals surface area contributed by atoms with Crippen molar-refractivity contribution < 1.29 is 31.1 Å². The Bertz CT molecular complexity index is 1310. The summed E-state index contributed by atoms with van der Waals surface area (Å²) in [6, 6.07) is 11.0. The number of alkyl halides is 3. The maximum absolute atomic E-state index is 13.0. The molecule has 1 amide bonds. The van der Waals surface area contributed by atoms with Crippen LogP contribution < -0.4 is 15.8 Å². The average molecular weight is 499 g/mol. The second kappa shape index (κ2) is 8.65. The van der Waals surface area contributed by atoms with E-state index in [2.05, 4.69) is 15.0 Å². The van der Waals surface area contributed by atoms with Crippen LogP contribution in [0.3, 0.4) is 0 Å². The summed E-state index contributed by atoms with van der Waals surface area (Å²) in [5.74, 6) is -1.10. The van der Waals surface area contributed by atoms with Crippen molar-refractivity contribution in [2.75, 3.05) is 17.6 Å². The van der Waals surface area contributed by atoms with Crippen LogP contribution in [0.4, 0.5) is 24.5 Å². The Hall–Kier alpha value is -3.16. The Kier molecular flexibility index (Phi) is 6.03. The van der Waals surface area contributed by atoms with Gasteiger partial charge < -0.3 is 15.8 Å². The highest BCUT2D eigenvalue weighted by atomic mass is 32.2. The number of hydrogen-bond acceptors (Lipinski definition) is 7. The van der Waals surface area contributed by atoms with Crippen LogP contribution in [0.25, 0.3) is 0 Å². The molecule has 0 spiro atoms. The van der Waals surface area contributed by atoms with Crippen molar-refractivity contribution in [2.45, 2.75) is 24.2 Å². The fourth-order valence-corrected chi connectivity index (χ4v) is 5.79. The molecule has 4 rings (SSSR count). The monoisotopic (exact) mass is 498 g/mol. The van der Waals surface area contributed by atoms with Gasteiger partial charge in [0.1, 0.15) is 5.75 Å². The predicted molar refractivity (Wildman–Crippen MR) is 115 cm³/mol. The number of nitrogens with one attached hydrogen (secondary N) is 1. The van der Waals surface area contributed by atoms with Gasteiger partial charge in [0.2, 0.25) is 10.0 Å². The standard InChI is InChI=1S/C20H17F3N4O4S2/c21-20(22,23)31-12-4-3-5-13(10-12)33(29,30)27-9-8-16-17(11-27)32-19(26-16)18(28)25-15-7-2-1-6-14(15)24/h1-7,10H,8-9,11,24H2,(H,25,28). The molecule has 0 aliphatic carbocycles. The number of sulfonamides is 1. The van der Waals surface area contributed by atoms with Crippen LogP contribution in [0, 0.1) is 0 Å². The van der Waals surface area contributed by atoms with Crippen molar-refractivity contribution in [1.29, 1.82) is 0 Å². The molecule has 13 heteroatoms. The highest BCUT2D eigenvalue weighted by Gasteiger charge is 2.34. The Balaban J connectivity index is 1.52. The van der Waals surface area contributed by atoms with Gasteiger partial charge in [-0.25, -0.2) is 13.4 Å². The molecular formula is C20H17F3N4O4S2. The van der Waals surface area contributed by atoms with E-state index in [1.165, 1.54) is 12.1 Å². The highest BCUT2D eigenvalue weighted by Crippen LogP contribution is 2.31. The number of ether oxygens (including phenoxy) is 1. The quantitative estimate of drug-likeness (QED) is 0.520. The SMILES string of the molecule is Nc1ccccc1NC(=O)c1nc2c(s1)CN(S(=O)(=O)c1cccc(OC(F)(F)F)c1)CC2. The number of carbonyl (C=O) groups excluding carboxylic acids is 1. The van der Waals surface area contributed by atoms with Gasteiger partial charge in [-0.1, -0.05) is 18.2 Å². The predicted octanol–water partition coefficient (Wildman–Crippen LogP) is 3.62. The summed E-state index contributed by atoms with van der Waals surface area (Å²) in [5.41, 5.74) is 7.26. The van der Waals surface area contributed by atoms with Crippen molar-refractivity contribution >= 4 is 38.6 Å². The zero-order valence-corrected chi connectivity index (χ0v) is 18.4. The Morgan fingerprint density at radius 3 is 2.67 bits per heavy atom. The van der Waals surface area contributed by atoms with Gasteiger partial charge in [-0.2, -0.15) is 4.31 Å². The summed E-state index contributed by atoms with van der Waals surface area (Å²) < 4.78 is 68.5. The molecule has 33 heavy (non-hydrogen) atoms. The molecule has 3 aromatic rings. The molecule has 3 N–H and O–H groups in total. The first kappa shape index (κ1) is 23.0. The summed E-state index contributed by atoms with van der Waals surface area (Å²) in [6.07, 6.45) is -4.68. The molecule has 1 aromatic heterocycles. The molecule has 0 saturated carbocycles. The van der Waals surface area contributed by atoms with Crippen LogP contribution in [0.5, 0.6) is 5.75 Å². The van der Waals surface area contributed by atoms with Gasteiger partial charge in [0.25, 0.3) is 5.91 Å². The summed E-state index contributed by atoms with van der Waals surface area (Å²) in [4.78, 5) is 17.2. The Labute approximate surface area is 190 Å². The van der Waals surface area contributed by atoms with Crippen LogP contribution in [-0.4, -0.2) is 36.5 Å². The summed E-state index contributed by atoms with van der Waals surface area (Å²) >= 11 is 1.05. The molecular weight excluding hydrogens is 481 g/mol. The van der Waals surface area contributed by atoms with E-state index in [4.69, 9.17) is 5.73 Å². The van der Waals surface area contributed by atoms with Crippen molar-refractivity contribution in [3.8, 4) is 5.75 Å². The second-order valence-corrected chi connectivity index (χ2v) is 10.1. The number of nitrogens with zero attached hydrogens (tertiary/aromatic N) is 2. The number of carbonyl (C=O) groups is 1. The van der Waals surface area contributed by atoms with E-state index in [9.17, 15) is 26.4 Å². The van der Waals surface area contributed by atoms with E-state index < -0.39 is 28.0 Å². The largest absolute Gasteiger partial charge is 0.573 e. The van der Waals surface area contributed by atoms with Crippen LogP contribution in [0.15, 0.2) is 53.4 Å². The highest BCUT2D eigenvalue weighted by molar-refractivity contribution is 7.89. The number of nitrogen functional groups attached to an aromatic ring is 1. The molecule has 0 saturated heterocycles. The maximum atomic E-state index is 13.0. The molecule has 174 valence electrons. The summed E-state index contributed by atoms with van der Waals surface area (Å²) in [5, 5.41) is 2.83. The van der Waals surface area contributed by atoms with E-state index in [0.717, 1.165) is 27.8 Å². The van der Waals surface area contributed by atoms with E-state index in [0.29, 0.717) is 21.9 Å². The third-order valence-electron chi connectivity index (χ3n) is 4.78. The van der Waals surface area contributed by atoms with Crippen molar-refractivity contribution in [3.63, 3.8) is 0 Å². The average Bonchev–Trinajstić information content (AvgIpc) is 3.18. The minimum atomic E-state index is -4.94. The number of para-hydroxylation sites is 2. The van der Waals surface area contributed by atoms with Gasteiger partial charge >= 0.3 is 6.36 Å². The number of halogens is 3. The molecule has 2 heterocycles. The lowest BCUT2D eigenvalue weighted by atomic mass is 10.2. The van der Waals surface area contributed by atoms with Gasteiger partial charge in [-0.3, -0.25) is 4.79 Å². The number of thiazole rings is 1. The lowest BCUT2D eigenvalue weighted by Crippen LogP contribution is -2.35. The fraction of sp³-hybridized carbons (Fsp3) is 0.200. The van der Waals surface area contributed by atoms with Gasteiger partial charge in [-0.15, -0.1) is 24.5 Å². The van der Waals surface area contributed by atoms with Crippen molar-refractivity contribution in [2.24, 2.45) is 0 Å². The minimum Gasteiger partial charge on any atom is -0.406 e. The number of benzene rings is 2. The number of aromatic nitrogens is 1. The zero-order chi connectivity index (χ0) is 23.8. The van der Waals surface area contributed by atoms with Gasteiger partial charge in [-0.05, 0) is 24.3 Å². The Morgan fingerprint density at radius 2 is 1.94 bits per heavy atom. The minimum absolute atomic E-state index is 0.0551. The number of anilines is 2. The first-order valence-electron chi connectivity index (χ1n) is 9.53. The fourth-order valence-electron chi connectivity index (χ4n) is 3.24. The molecule has 0 unspecified atom stereocenters. The molecule has 8 nitrogen and oxygen atoms in total. The third-order valence-corrected chi connectivity index (χ3v) is 7.70.